The summed E-state index contributed by atoms with van der Waals surface area (Å²) in [6, 6.07) is 9.25. The lowest BCUT2D eigenvalue weighted by Gasteiger charge is -2.45. The highest BCUT2D eigenvalue weighted by molar-refractivity contribution is 5.82. The van der Waals surface area contributed by atoms with Crippen LogP contribution in [0.25, 0.3) is 10.9 Å². The number of H-pyrrole nitrogens is 1. The summed E-state index contributed by atoms with van der Waals surface area (Å²) in [5.74, 6) is 0.898. The third kappa shape index (κ3) is 2.07. The molecule has 1 unspecified atom stereocenters. The Labute approximate surface area is 114 Å². The van der Waals surface area contributed by atoms with Crippen molar-refractivity contribution in [2.75, 3.05) is 19.6 Å². The Bertz CT molecular complexity index is 566. The van der Waals surface area contributed by atoms with Crippen LogP contribution >= 0.6 is 0 Å². The topological polar surface area (TPSA) is 31.1 Å². The zero-order valence-electron chi connectivity index (χ0n) is 11.2. The molecule has 5 rings (SSSR count). The largest absolute Gasteiger partial charge is 0.361 e. The molecule has 0 spiro atoms. The molecule has 100 valence electrons. The molecule has 2 N–H and O–H groups in total. The first-order chi connectivity index (χ1) is 9.40. The molecule has 2 aromatic rings. The summed E-state index contributed by atoms with van der Waals surface area (Å²) in [6.45, 7) is 4.86. The second-order valence-corrected chi connectivity index (χ2v) is 5.98. The first-order valence-corrected chi connectivity index (χ1v) is 7.41. The van der Waals surface area contributed by atoms with E-state index in [9.17, 15) is 0 Å². The van der Waals surface area contributed by atoms with E-state index < -0.39 is 0 Å². The third-order valence-electron chi connectivity index (χ3n) is 4.89. The Hall–Kier alpha value is -1.32. The van der Waals surface area contributed by atoms with E-state index in [0.29, 0.717) is 6.04 Å². The lowest BCUT2D eigenvalue weighted by Crippen LogP contribution is -2.55. The van der Waals surface area contributed by atoms with Crippen LogP contribution in [0.2, 0.25) is 0 Å². The van der Waals surface area contributed by atoms with Gasteiger partial charge in [0.25, 0.3) is 0 Å². The maximum absolute atomic E-state index is 3.79. The Morgan fingerprint density at radius 3 is 2.84 bits per heavy atom. The summed E-state index contributed by atoms with van der Waals surface area (Å²) in [5.41, 5.74) is 2.64. The average molecular weight is 255 g/mol. The number of aromatic nitrogens is 1. The second kappa shape index (κ2) is 4.66. The summed E-state index contributed by atoms with van der Waals surface area (Å²) in [6.07, 6.45) is 4.91. The SMILES string of the molecule is c1ccc2c(CNC3CN4CCC3CC4)c[nH]c2c1. The molecule has 3 heteroatoms. The van der Waals surface area contributed by atoms with Crippen molar-refractivity contribution < 1.29 is 0 Å². The highest BCUT2D eigenvalue weighted by Gasteiger charge is 2.33. The van der Waals surface area contributed by atoms with Gasteiger partial charge in [-0.1, -0.05) is 18.2 Å². The molecule has 2 bridgehead atoms. The number of hydrogen-bond acceptors (Lipinski definition) is 2. The van der Waals surface area contributed by atoms with Crippen LogP contribution in [0.15, 0.2) is 30.5 Å². The summed E-state index contributed by atoms with van der Waals surface area (Å²) in [7, 11) is 0. The van der Waals surface area contributed by atoms with Crippen LogP contribution in [0.1, 0.15) is 18.4 Å². The number of hydrogen-bond donors (Lipinski definition) is 2. The number of fused-ring (bicyclic) bond motifs is 4. The van der Waals surface area contributed by atoms with Gasteiger partial charge in [-0.2, -0.15) is 0 Å². The van der Waals surface area contributed by atoms with Gasteiger partial charge in [-0.15, -0.1) is 0 Å². The van der Waals surface area contributed by atoms with E-state index in [-0.39, 0.29) is 0 Å². The van der Waals surface area contributed by atoms with Crippen molar-refractivity contribution in [3.05, 3.63) is 36.0 Å². The Morgan fingerprint density at radius 1 is 1.21 bits per heavy atom. The van der Waals surface area contributed by atoms with Crippen molar-refractivity contribution in [3.8, 4) is 0 Å². The van der Waals surface area contributed by atoms with Crippen molar-refractivity contribution >= 4 is 10.9 Å². The van der Waals surface area contributed by atoms with Crippen molar-refractivity contribution in [2.24, 2.45) is 5.92 Å². The maximum Gasteiger partial charge on any atom is 0.0457 e. The molecule has 1 aromatic heterocycles. The van der Waals surface area contributed by atoms with Crippen LogP contribution in [0, 0.1) is 5.92 Å². The number of para-hydroxylation sites is 1. The van der Waals surface area contributed by atoms with E-state index in [1.165, 1.54) is 48.9 Å². The molecule has 0 radical (unpaired) electrons. The van der Waals surface area contributed by atoms with Gasteiger partial charge in [0.2, 0.25) is 0 Å². The normalized spacial score (nSPS) is 30.0. The Balaban J connectivity index is 1.47. The molecule has 3 saturated heterocycles. The molecular formula is C16H21N3. The summed E-state index contributed by atoms with van der Waals surface area (Å²) < 4.78 is 0. The molecular weight excluding hydrogens is 234 g/mol. The molecule has 3 fully saturated rings. The van der Waals surface area contributed by atoms with Gasteiger partial charge < -0.3 is 15.2 Å². The van der Waals surface area contributed by atoms with Gasteiger partial charge in [0, 0.05) is 36.2 Å². The van der Waals surface area contributed by atoms with Gasteiger partial charge in [0.1, 0.15) is 0 Å². The molecule has 3 aliphatic heterocycles. The van der Waals surface area contributed by atoms with E-state index >= 15 is 0 Å². The van der Waals surface area contributed by atoms with Crippen molar-refractivity contribution in [1.82, 2.24) is 15.2 Å². The van der Waals surface area contributed by atoms with Crippen LogP contribution in [0.3, 0.4) is 0 Å². The smallest absolute Gasteiger partial charge is 0.0457 e. The summed E-state index contributed by atoms with van der Waals surface area (Å²) in [5, 5.41) is 5.14. The fourth-order valence-corrected chi connectivity index (χ4v) is 3.72. The zero-order chi connectivity index (χ0) is 12.7. The standard InChI is InChI=1S/C16H21N3/c1-2-4-15-14(3-1)13(9-17-15)10-18-16-11-19-7-5-12(16)6-8-19/h1-4,9,12,16-18H,5-8,10-11H2. The highest BCUT2D eigenvalue weighted by atomic mass is 15.2. The lowest BCUT2D eigenvalue weighted by molar-refractivity contribution is 0.0720. The number of rotatable bonds is 3. The van der Waals surface area contributed by atoms with Gasteiger partial charge in [-0.3, -0.25) is 0 Å². The molecule has 3 aliphatic rings. The van der Waals surface area contributed by atoms with Gasteiger partial charge in [-0.25, -0.2) is 0 Å². The van der Waals surface area contributed by atoms with E-state index in [0.717, 1.165) is 12.5 Å². The van der Waals surface area contributed by atoms with Gasteiger partial charge in [0.15, 0.2) is 0 Å². The average Bonchev–Trinajstić information content (AvgIpc) is 2.90. The minimum Gasteiger partial charge on any atom is -0.361 e. The number of aromatic amines is 1. The van der Waals surface area contributed by atoms with Crippen molar-refractivity contribution in [1.29, 1.82) is 0 Å². The van der Waals surface area contributed by atoms with E-state index in [1.54, 1.807) is 0 Å². The fourth-order valence-electron chi connectivity index (χ4n) is 3.72. The zero-order valence-corrected chi connectivity index (χ0v) is 11.2. The fraction of sp³-hybridized carbons (Fsp3) is 0.500. The van der Waals surface area contributed by atoms with E-state index in [4.69, 9.17) is 0 Å². The molecule has 4 heterocycles. The Morgan fingerprint density at radius 2 is 2.05 bits per heavy atom. The molecule has 0 saturated carbocycles. The van der Waals surface area contributed by atoms with Gasteiger partial charge in [0.05, 0.1) is 0 Å². The minimum atomic E-state index is 0.691. The second-order valence-electron chi connectivity index (χ2n) is 5.98. The summed E-state index contributed by atoms with van der Waals surface area (Å²) >= 11 is 0. The summed E-state index contributed by atoms with van der Waals surface area (Å²) in [4.78, 5) is 5.96. The highest BCUT2D eigenvalue weighted by Crippen LogP contribution is 2.28. The Kier molecular flexibility index (Phi) is 2.82. The molecule has 1 atom stereocenters. The van der Waals surface area contributed by atoms with Crippen LogP contribution in [0.4, 0.5) is 0 Å². The number of piperidine rings is 3. The van der Waals surface area contributed by atoms with Crippen LogP contribution in [-0.4, -0.2) is 35.6 Å². The molecule has 0 aliphatic carbocycles. The quantitative estimate of drug-likeness (QED) is 0.882. The lowest BCUT2D eigenvalue weighted by atomic mass is 9.84. The van der Waals surface area contributed by atoms with E-state index in [2.05, 4.69) is 45.7 Å². The van der Waals surface area contributed by atoms with Crippen molar-refractivity contribution in [2.45, 2.75) is 25.4 Å². The van der Waals surface area contributed by atoms with Crippen LogP contribution < -0.4 is 5.32 Å². The number of nitrogens with zero attached hydrogens (tertiary/aromatic N) is 1. The molecule has 19 heavy (non-hydrogen) atoms. The molecule has 3 nitrogen and oxygen atoms in total. The number of benzene rings is 1. The molecule has 1 aromatic carbocycles. The predicted molar refractivity (Wildman–Crippen MR) is 78.1 cm³/mol. The minimum absolute atomic E-state index is 0.691. The van der Waals surface area contributed by atoms with Gasteiger partial charge in [-0.05, 0) is 43.5 Å². The number of nitrogens with one attached hydrogen (secondary N) is 2. The third-order valence-corrected chi connectivity index (χ3v) is 4.89. The first kappa shape index (κ1) is 11.5. The molecule has 0 amide bonds. The first-order valence-electron chi connectivity index (χ1n) is 7.41. The monoisotopic (exact) mass is 255 g/mol. The van der Waals surface area contributed by atoms with Crippen molar-refractivity contribution in [3.63, 3.8) is 0 Å². The van der Waals surface area contributed by atoms with E-state index in [1.807, 2.05) is 0 Å². The predicted octanol–water partition coefficient (Wildman–Crippen LogP) is 2.35. The maximum atomic E-state index is 3.79. The van der Waals surface area contributed by atoms with Crippen LogP contribution in [0.5, 0.6) is 0 Å². The van der Waals surface area contributed by atoms with Crippen LogP contribution in [-0.2, 0) is 6.54 Å². The van der Waals surface area contributed by atoms with Gasteiger partial charge >= 0.3 is 0 Å².